The zero-order chi connectivity index (χ0) is 8.10. The minimum Gasteiger partial charge on any atom is -0.399 e. The third-order valence-electron chi connectivity index (χ3n) is 1.21. The van der Waals surface area contributed by atoms with Crippen LogP contribution in [0.15, 0.2) is 37.1 Å². The number of anilines is 1. The quantitative estimate of drug-likeness (QED) is 0.647. The zero-order valence-electron chi connectivity index (χ0n) is 6.20. The number of hydrogen-bond acceptors (Lipinski definition) is 2. The Morgan fingerprint density at radius 1 is 1.55 bits per heavy atom. The Morgan fingerprint density at radius 2 is 2.36 bits per heavy atom. The first-order valence-corrected chi connectivity index (χ1v) is 3.33. The molecular weight excluding hydrogens is 136 g/mol. The van der Waals surface area contributed by atoms with E-state index in [1.807, 2.05) is 12.2 Å². The van der Waals surface area contributed by atoms with E-state index in [1.165, 1.54) is 0 Å². The lowest BCUT2D eigenvalue weighted by atomic mass is 10.3. The molecule has 1 heterocycles. The summed E-state index contributed by atoms with van der Waals surface area (Å²) in [6.45, 7) is 3.55. The molecular formula is C9H10N2. The second-order valence-electron chi connectivity index (χ2n) is 2.11. The van der Waals surface area contributed by atoms with Crippen molar-refractivity contribution in [3.8, 4) is 0 Å². The number of aromatic nitrogens is 1. The summed E-state index contributed by atoms with van der Waals surface area (Å²) in [5, 5.41) is 0. The highest BCUT2D eigenvalue weighted by atomic mass is 14.7. The average molecular weight is 146 g/mol. The van der Waals surface area contributed by atoms with Crippen LogP contribution in [0.2, 0.25) is 0 Å². The lowest BCUT2D eigenvalue weighted by molar-refractivity contribution is 1.30. The molecule has 0 unspecified atom stereocenters. The summed E-state index contributed by atoms with van der Waals surface area (Å²) in [6, 6.07) is 3.56. The van der Waals surface area contributed by atoms with Gasteiger partial charge in [-0.1, -0.05) is 18.7 Å². The van der Waals surface area contributed by atoms with Crippen molar-refractivity contribution in [1.29, 1.82) is 0 Å². The first-order chi connectivity index (χ1) is 5.33. The van der Waals surface area contributed by atoms with E-state index in [0.29, 0.717) is 0 Å². The molecule has 0 radical (unpaired) electrons. The van der Waals surface area contributed by atoms with Gasteiger partial charge in [-0.3, -0.25) is 4.98 Å². The fraction of sp³-hybridized carbons (Fsp3) is 0. The number of nitrogen functional groups attached to an aromatic ring is 1. The third kappa shape index (κ3) is 2.26. The normalized spacial score (nSPS) is 10.2. The number of allylic oxidation sites excluding steroid dienone is 2. The van der Waals surface area contributed by atoms with Crippen LogP contribution < -0.4 is 5.73 Å². The molecule has 2 N–H and O–H groups in total. The topological polar surface area (TPSA) is 38.9 Å². The van der Waals surface area contributed by atoms with Crippen LogP contribution in [0.5, 0.6) is 0 Å². The fourth-order valence-electron chi connectivity index (χ4n) is 0.723. The van der Waals surface area contributed by atoms with E-state index in [4.69, 9.17) is 5.73 Å². The zero-order valence-corrected chi connectivity index (χ0v) is 6.20. The first-order valence-electron chi connectivity index (χ1n) is 3.33. The predicted molar refractivity (Wildman–Crippen MR) is 47.9 cm³/mol. The molecule has 0 spiro atoms. The molecule has 2 heteroatoms. The van der Waals surface area contributed by atoms with Crippen LogP contribution >= 0.6 is 0 Å². The summed E-state index contributed by atoms with van der Waals surface area (Å²) >= 11 is 0. The number of hydrogen-bond donors (Lipinski definition) is 1. The number of nitrogens with zero attached hydrogens (tertiary/aromatic N) is 1. The Hall–Kier alpha value is -1.57. The SMILES string of the molecule is C=CC=Cc1cc(N)ccn1. The van der Waals surface area contributed by atoms with E-state index in [-0.39, 0.29) is 0 Å². The van der Waals surface area contributed by atoms with Crippen LogP contribution in [0.3, 0.4) is 0 Å². The summed E-state index contributed by atoms with van der Waals surface area (Å²) in [5.74, 6) is 0. The van der Waals surface area contributed by atoms with Crippen molar-refractivity contribution in [3.63, 3.8) is 0 Å². The van der Waals surface area contributed by atoms with Gasteiger partial charge in [-0.05, 0) is 18.2 Å². The molecule has 1 aromatic rings. The van der Waals surface area contributed by atoms with Crippen LogP contribution in [0.25, 0.3) is 6.08 Å². The highest BCUT2D eigenvalue weighted by molar-refractivity contribution is 5.52. The molecule has 0 aromatic carbocycles. The minimum absolute atomic E-state index is 0.726. The summed E-state index contributed by atoms with van der Waals surface area (Å²) in [4.78, 5) is 4.06. The van der Waals surface area contributed by atoms with Crippen LogP contribution in [0.4, 0.5) is 5.69 Å². The van der Waals surface area contributed by atoms with Gasteiger partial charge >= 0.3 is 0 Å². The van der Waals surface area contributed by atoms with Gasteiger partial charge in [0.05, 0.1) is 5.69 Å². The maximum Gasteiger partial charge on any atom is 0.0650 e. The van der Waals surface area contributed by atoms with Gasteiger partial charge in [-0.15, -0.1) is 0 Å². The van der Waals surface area contributed by atoms with Gasteiger partial charge in [0.25, 0.3) is 0 Å². The second kappa shape index (κ2) is 3.56. The smallest absolute Gasteiger partial charge is 0.0650 e. The molecule has 1 aromatic heterocycles. The van der Waals surface area contributed by atoms with Crippen LogP contribution in [-0.2, 0) is 0 Å². The summed E-state index contributed by atoms with van der Waals surface area (Å²) < 4.78 is 0. The largest absolute Gasteiger partial charge is 0.399 e. The highest BCUT2D eigenvalue weighted by Crippen LogP contribution is 2.03. The summed E-state index contributed by atoms with van der Waals surface area (Å²) in [5.41, 5.74) is 7.11. The molecule has 1 rings (SSSR count). The number of nitrogens with two attached hydrogens (primary N) is 1. The van der Waals surface area contributed by atoms with Gasteiger partial charge < -0.3 is 5.73 Å². The van der Waals surface area contributed by atoms with Crippen molar-refractivity contribution in [2.75, 3.05) is 5.73 Å². The van der Waals surface area contributed by atoms with E-state index in [0.717, 1.165) is 11.4 Å². The monoisotopic (exact) mass is 146 g/mol. The molecule has 0 saturated carbocycles. The lowest BCUT2D eigenvalue weighted by Gasteiger charge is -1.92. The standard InChI is InChI=1S/C9H10N2/c1-2-3-4-9-7-8(10)5-6-11-9/h2-7H,1H2,(H2,10,11). The van der Waals surface area contributed by atoms with E-state index in [2.05, 4.69) is 11.6 Å². The van der Waals surface area contributed by atoms with E-state index < -0.39 is 0 Å². The van der Waals surface area contributed by atoms with Gasteiger partial charge in [0.15, 0.2) is 0 Å². The Labute approximate surface area is 66.1 Å². The van der Waals surface area contributed by atoms with Crippen molar-refractivity contribution in [2.24, 2.45) is 0 Å². The van der Waals surface area contributed by atoms with Crippen LogP contribution in [0.1, 0.15) is 5.69 Å². The third-order valence-corrected chi connectivity index (χ3v) is 1.21. The van der Waals surface area contributed by atoms with E-state index in [9.17, 15) is 0 Å². The number of rotatable bonds is 2. The molecule has 0 saturated heterocycles. The molecule has 0 atom stereocenters. The molecule has 56 valence electrons. The van der Waals surface area contributed by atoms with Crippen molar-refractivity contribution >= 4 is 11.8 Å². The summed E-state index contributed by atoms with van der Waals surface area (Å²) in [6.07, 6.45) is 7.05. The Morgan fingerprint density at radius 3 is 3.00 bits per heavy atom. The minimum atomic E-state index is 0.726. The molecule has 0 fully saturated rings. The molecule has 11 heavy (non-hydrogen) atoms. The van der Waals surface area contributed by atoms with Gasteiger partial charge in [0, 0.05) is 11.9 Å². The summed E-state index contributed by atoms with van der Waals surface area (Å²) in [7, 11) is 0. The molecule has 2 nitrogen and oxygen atoms in total. The van der Waals surface area contributed by atoms with Crippen LogP contribution in [-0.4, -0.2) is 4.98 Å². The lowest BCUT2D eigenvalue weighted by Crippen LogP contribution is -1.86. The van der Waals surface area contributed by atoms with Crippen LogP contribution in [0, 0.1) is 0 Å². The predicted octanol–water partition coefficient (Wildman–Crippen LogP) is 1.86. The Kier molecular flexibility index (Phi) is 2.44. The van der Waals surface area contributed by atoms with Crippen molar-refractivity contribution < 1.29 is 0 Å². The number of pyridine rings is 1. The van der Waals surface area contributed by atoms with E-state index >= 15 is 0 Å². The second-order valence-corrected chi connectivity index (χ2v) is 2.11. The fourth-order valence-corrected chi connectivity index (χ4v) is 0.723. The molecule has 0 amide bonds. The molecule has 0 aliphatic carbocycles. The highest BCUT2D eigenvalue weighted by Gasteiger charge is 1.86. The maximum atomic E-state index is 5.53. The average Bonchev–Trinajstić information content (AvgIpc) is 2.01. The van der Waals surface area contributed by atoms with Gasteiger partial charge in [-0.2, -0.15) is 0 Å². The van der Waals surface area contributed by atoms with Gasteiger partial charge in [0.1, 0.15) is 0 Å². The molecule has 0 bridgehead atoms. The van der Waals surface area contributed by atoms with Crippen molar-refractivity contribution in [1.82, 2.24) is 4.98 Å². The maximum absolute atomic E-state index is 5.53. The van der Waals surface area contributed by atoms with Crippen molar-refractivity contribution in [3.05, 3.63) is 42.8 Å². The Balaban J connectivity index is 2.87. The van der Waals surface area contributed by atoms with Crippen molar-refractivity contribution in [2.45, 2.75) is 0 Å². The molecule has 0 aliphatic heterocycles. The van der Waals surface area contributed by atoms with Gasteiger partial charge in [-0.25, -0.2) is 0 Å². The Bertz CT molecular complexity index is 277. The molecule has 0 aliphatic rings. The van der Waals surface area contributed by atoms with E-state index in [1.54, 1.807) is 24.4 Å². The van der Waals surface area contributed by atoms with Gasteiger partial charge in [0.2, 0.25) is 0 Å². The first kappa shape index (κ1) is 7.54.